The molecular formula is C21H25N3O3. The minimum atomic E-state index is -0.273. The van der Waals surface area contributed by atoms with Crippen LogP contribution in [0.1, 0.15) is 59.0 Å². The average Bonchev–Trinajstić information content (AvgIpc) is 3.32. The highest BCUT2D eigenvalue weighted by Gasteiger charge is 2.26. The number of benzene rings is 1. The molecule has 1 fully saturated rings. The first kappa shape index (κ1) is 17.8. The number of aromatic amines is 1. The van der Waals surface area contributed by atoms with Crippen LogP contribution in [0, 0.1) is 0 Å². The zero-order chi connectivity index (χ0) is 18.8. The van der Waals surface area contributed by atoms with E-state index in [-0.39, 0.29) is 17.8 Å². The first-order valence-corrected chi connectivity index (χ1v) is 9.67. The zero-order valence-corrected chi connectivity index (χ0v) is 15.5. The summed E-state index contributed by atoms with van der Waals surface area (Å²) in [5.74, 6) is 0.490. The van der Waals surface area contributed by atoms with Crippen LogP contribution in [0.5, 0.6) is 5.75 Å². The van der Waals surface area contributed by atoms with Gasteiger partial charge in [0, 0.05) is 36.1 Å². The van der Waals surface area contributed by atoms with Crippen LogP contribution in [-0.4, -0.2) is 35.4 Å². The van der Waals surface area contributed by atoms with Crippen molar-refractivity contribution in [1.29, 1.82) is 0 Å². The number of ether oxygens (including phenoxy) is 1. The van der Waals surface area contributed by atoms with E-state index < -0.39 is 0 Å². The summed E-state index contributed by atoms with van der Waals surface area (Å²) in [6.45, 7) is 3.10. The number of carbonyl (C=O) groups is 2. The van der Waals surface area contributed by atoms with Crippen LogP contribution in [0.4, 0.5) is 5.69 Å². The molecule has 1 aromatic heterocycles. The molecule has 2 unspecified atom stereocenters. The first-order chi connectivity index (χ1) is 13.1. The molecule has 0 spiro atoms. The standard InChI is InChI=1S/C21H25N3O3/c1-13(17-8-4-10-22-17)27-15-6-2-5-14(11-15)24-21(26)16-12-23-18-7-3-9-19(25)20(16)18/h2,5-6,11-13,17,22-23H,3-4,7-10H2,1H3,(H,24,26). The molecule has 0 radical (unpaired) electrons. The summed E-state index contributed by atoms with van der Waals surface area (Å²) in [4.78, 5) is 28.0. The maximum atomic E-state index is 12.7. The fourth-order valence-corrected chi connectivity index (χ4v) is 3.97. The normalized spacial score (nSPS) is 20.2. The number of hydrogen-bond donors (Lipinski definition) is 3. The lowest BCUT2D eigenvalue weighted by Gasteiger charge is -2.21. The number of amides is 1. The van der Waals surface area contributed by atoms with Gasteiger partial charge in [-0.1, -0.05) is 6.07 Å². The molecule has 0 saturated carbocycles. The van der Waals surface area contributed by atoms with Crippen molar-refractivity contribution in [2.24, 2.45) is 0 Å². The first-order valence-electron chi connectivity index (χ1n) is 9.67. The van der Waals surface area contributed by atoms with E-state index in [1.54, 1.807) is 6.20 Å². The second-order valence-corrected chi connectivity index (χ2v) is 7.34. The summed E-state index contributed by atoms with van der Waals surface area (Å²) in [6.07, 6.45) is 6.14. The molecule has 6 nitrogen and oxygen atoms in total. The van der Waals surface area contributed by atoms with Gasteiger partial charge in [-0.25, -0.2) is 0 Å². The number of hydrogen-bond acceptors (Lipinski definition) is 4. The van der Waals surface area contributed by atoms with Crippen LogP contribution >= 0.6 is 0 Å². The van der Waals surface area contributed by atoms with Crippen molar-refractivity contribution in [3.8, 4) is 5.75 Å². The van der Waals surface area contributed by atoms with Crippen molar-refractivity contribution < 1.29 is 14.3 Å². The predicted octanol–water partition coefficient (Wildman–Crippen LogP) is 3.31. The highest BCUT2D eigenvalue weighted by Crippen LogP contribution is 2.26. The molecule has 1 aliphatic heterocycles. The Hall–Kier alpha value is -2.60. The molecule has 1 aliphatic carbocycles. The SMILES string of the molecule is CC(Oc1cccc(NC(=O)c2c[nH]c3c2C(=O)CCC3)c1)C1CCCN1. The van der Waals surface area contributed by atoms with Gasteiger partial charge in [0.2, 0.25) is 0 Å². The molecule has 6 heteroatoms. The minimum absolute atomic E-state index is 0.0395. The fraction of sp³-hybridized carbons (Fsp3) is 0.429. The Morgan fingerprint density at radius 1 is 1.30 bits per heavy atom. The molecule has 1 amide bonds. The summed E-state index contributed by atoms with van der Waals surface area (Å²) >= 11 is 0. The lowest BCUT2D eigenvalue weighted by atomic mass is 9.93. The highest BCUT2D eigenvalue weighted by atomic mass is 16.5. The van der Waals surface area contributed by atoms with Crippen molar-refractivity contribution in [3.63, 3.8) is 0 Å². The number of carbonyl (C=O) groups excluding carboxylic acids is 2. The van der Waals surface area contributed by atoms with Gasteiger partial charge in [0.25, 0.3) is 5.91 Å². The van der Waals surface area contributed by atoms with Crippen molar-refractivity contribution in [2.45, 2.75) is 51.2 Å². The third-order valence-corrected chi connectivity index (χ3v) is 5.39. The number of anilines is 1. The molecule has 142 valence electrons. The van der Waals surface area contributed by atoms with Gasteiger partial charge in [0.1, 0.15) is 11.9 Å². The van der Waals surface area contributed by atoms with Gasteiger partial charge in [0.05, 0.1) is 11.1 Å². The van der Waals surface area contributed by atoms with Crippen molar-refractivity contribution in [3.05, 3.63) is 47.3 Å². The largest absolute Gasteiger partial charge is 0.489 e. The van der Waals surface area contributed by atoms with Gasteiger partial charge in [-0.3, -0.25) is 9.59 Å². The van der Waals surface area contributed by atoms with Crippen molar-refractivity contribution in [1.82, 2.24) is 10.3 Å². The monoisotopic (exact) mass is 367 g/mol. The van der Waals surface area contributed by atoms with Gasteiger partial charge >= 0.3 is 0 Å². The maximum Gasteiger partial charge on any atom is 0.257 e. The summed E-state index contributed by atoms with van der Waals surface area (Å²) in [7, 11) is 0. The third-order valence-electron chi connectivity index (χ3n) is 5.39. The van der Waals surface area contributed by atoms with E-state index >= 15 is 0 Å². The van der Waals surface area contributed by atoms with Crippen LogP contribution in [-0.2, 0) is 6.42 Å². The van der Waals surface area contributed by atoms with Crippen LogP contribution in [0.25, 0.3) is 0 Å². The second-order valence-electron chi connectivity index (χ2n) is 7.34. The molecule has 3 N–H and O–H groups in total. The van der Waals surface area contributed by atoms with E-state index in [4.69, 9.17) is 4.74 Å². The Labute approximate surface area is 158 Å². The Morgan fingerprint density at radius 2 is 2.19 bits per heavy atom. The maximum absolute atomic E-state index is 12.7. The molecule has 1 saturated heterocycles. The van der Waals surface area contributed by atoms with Crippen molar-refractivity contribution >= 4 is 17.4 Å². The Bertz CT molecular complexity index is 852. The second kappa shape index (κ2) is 7.56. The summed E-state index contributed by atoms with van der Waals surface area (Å²) < 4.78 is 6.04. The van der Waals surface area contributed by atoms with E-state index in [1.807, 2.05) is 24.3 Å². The van der Waals surface area contributed by atoms with Gasteiger partial charge in [0.15, 0.2) is 5.78 Å². The predicted molar refractivity (Wildman–Crippen MR) is 104 cm³/mol. The third kappa shape index (κ3) is 3.76. The van der Waals surface area contributed by atoms with Crippen molar-refractivity contribution in [2.75, 3.05) is 11.9 Å². The number of nitrogens with one attached hydrogen (secondary N) is 3. The number of rotatable bonds is 5. The summed E-state index contributed by atoms with van der Waals surface area (Å²) in [6, 6.07) is 7.76. The number of aryl methyl sites for hydroxylation is 1. The Balaban J connectivity index is 1.46. The number of ketones is 1. The minimum Gasteiger partial charge on any atom is -0.489 e. The smallest absolute Gasteiger partial charge is 0.257 e. The molecule has 2 heterocycles. The number of aromatic nitrogens is 1. The van der Waals surface area contributed by atoms with Gasteiger partial charge in [-0.15, -0.1) is 0 Å². The van der Waals surface area contributed by atoms with Crippen LogP contribution in [0.15, 0.2) is 30.5 Å². The van der Waals surface area contributed by atoms with Gasteiger partial charge in [-0.2, -0.15) is 0 Å². The topological polar surface area (TPSA) is 83.2 Å². The van der Waals surface area contributed by atoms with Crippen LogP contribution in [0.3, 0.4) is 0 Å². The van der Waals surface area contributed by atoms with E-state index in [0.717, 1.165) is 37.3 Å². The molecule has 2 aliphatic rings. The molecule has 2 atom stereocenters. The fourth-order valence-electron chi connectivity index (χ4n) is 3.97. The van der Waals surface area contributed by atoms with E-state index in [9.17, 15) is 9.59 Å². The van der Waals surface area contributed by atoms with E-state index in [1.165, 1.54) is 6.42 Å². The molecule has 27 heavy (non-hydrogen) atoms. The van der Waals surface area contributed by atoms with Gasteiger partial charge in [-0.05, 0) is 51.3 Å². The van der Waals surface area contributed by atoms with E-state index in [0.29, 0.717) is 29.3 Å². The molecule has 2 aromatic rings. The Morgan fingerprint density at radius 3 is 3.00 bits per heavy atom. The molecule has 1 aromatic carbocycles. The summed E-state index contributed by atoms with van der Waals surface area (Å²) in [5, 5.41) is 6.34. The highest BCUT2D eigenvalue weighted by molar-refractivity contribution is 6.13. The van der Waals surface area contributed by atoms with Gasteiger partial charge < -0.3 is 20.4 Å². The summed E-state index contributed by atoms with van der Waals surface area (Å²) in [5.41, 5.74) is 2.49. The van der Waals surface area contributed by atoms with Crippen LogP contribution < -0.4 is 15.4 Å². The Kier molecular flexibility index (Phi) is 4.99. The lowest BCUT2D eigenvalue weighted by Crippen LogP contribution is -2.36. The zero-order valence-electron chi connectivity index (χ0n) is 15.5. The quantitative estimate of drug-likeness (QED) is 0.757. The van der Waals surface area contributed by atoms with E-state index in [2.05, 4.69) is 22.5 Å². The average molecular weight is 367 g/mol. The van der Waals surface area contributed by atoms with Crippen LogP contribution in [0.2, 0.25) is 0 Å². The number of Topliss-reactive ketones (excluding diaryl/α,β-unsaturated/α-hetero) is 1. The molecule has 0 bridgehead atoms. The molecular weight excluding hydrogens is 342 g/mol. The number of H-pyrrole nitrogens is 1. The number of fused-ring (bicyclic) bond motifs is 1. The molecule has 4 rings (SSSR count). The lowest BCUT2D eigenvalue weighted by molar-refractivity contribution is 0.0956.